The van der Waals surface area contributed by atoms with Gasteiger partial charge in [0.2, 0.25) is 0 Å². The molecule has 0 bridgehead atoms. The predicted molar refractivity (Wildman–Crippen MR) is 63.1 cm³/mol. The quantitative estimate of drug-likeness (QED) is 0.833. The molecule has 1 aromatic heterocycles. The second-order valence-corrected chi connectivity index (χ2v) is 5.49. The zero-order chi connectivity index (χ0) is 12.4. The summed E-state index contributed by atoms with van der Waals surface area (Å²) in [7, 11) is 0. The van der Waals surface area contributed by atoms with Gasteiger partial charge in [0, 0.05) is 6.04 Å². The van der Waals surface area contributed by atoms with Gasteiger partial charge in [0.05, 0.1) is 17.6 Å². The number of carboxylic acid groups (broad SMARTS) is 1. The van der Waals surface area contributed by atoms with Crippen LogP contribution in [0.3, 0.4) is 0 Å². The molecule has 1 fully saturated rings. The van der Waals surface area contributed by atoms with Gasteiger partial charge in [-0.3, -0.25) is 9.59 Å². The maximum absolute atomic E-state index is 11.8. The number of aliphatic carboxylic acids is 1. The van der Waals surface area contributed by atoms with Gasteiger partial charge in [0.25, 0.3) is 5.91 Å². The van der Waals surface area contributed by atoms with E-state index in [2.05, 4.69) is 10.3 Å². The van der Waals surface area contributed by atoms with E-state index in [0.29, 0.717) is 10.8 Å². The standard InChI is InChI=1S/C11H14N2O3S/c1-6-12-5-9(17-6)11(16)13-8(4-10(14)15)7-2-3-7/h5,7-8H,2-4H2,1H3,(H,13,16)(H,14,15). The number of nitrogens with one attached hydrogen (secondary N) is 1. The van der Waals surface area contributed by atoms with Crippen LogP contribution in [0, 0.1) is 12.8 Å². The Bertz CT molecular complexity index is 440. The SMILES string of the molecule is Cc1ncc(C(=O)NC(CC(=O)O)C2CC2)s1. The van der Waals surface area contributed by atoms with Gasteiger partial charge < -0.3 is 10.4 Å². The molecule has 6 heteroatoms. The zero-order valence-corrected chi connectivity index (χ0v) is 10.3. The largest absolute Gasteiger partial charge is 0.481 e. The first-order valence-corrected chi connectivity index (χ1v) is 6.33. The number of carbonyl (C=O) groups excluding carboxylic acids is 1. The number of carbonyl (C=O) groups is 2. The van der Waals surface area contributed by atoms with Crippen LogP contribution in [0.1, 0.15) is 33.9 Å². The van der Waals surface area contributed by atoms with Crippen molar-refractivity contribution in [3.63, 3.8) is 0 Å². The number of aromatic nitrogens is 1. The first kappa shape index (κ1) is 12.0. The van der Waals surface area contributed by atoms with Crippen LogP contribution in [0.2, 0.25) is 0 Å². The zero-order valence-electron chi connectivity index (χ0n) is 9.47. The van der Waals surface area contributed by atoms with Gasteiger partial charge in [-0.1, -0.05) is 0 Å². The summed E-state index contributed by atoms with van der Waals surface area (Å²) >= 11 is 1.32. The molecule has 2 rings (SSSR count). The molecule has 1 unspecified atom stereocenters. The van der Waals surface area contributed by atoms with Crippen molar-refractivity contribution in [2.45, 2.75) is 32.2 Å². The van der Waals surface area contributed by atoms with Crippen LogP contribution in [0.15, 0.2) is 6.20 Å². The van der Waals surface area contributed by atoms with Crippen molar-refractivity contribution in [2.75, 3.05) is 0 Å². The van der Waals surface area contributed by atoms with Crippen molar-refractivity contribution in [3.8, 4) is 0 Å². The Morgan fingerprint density at radius 3 is 2.82 bits per heavy atom. The lowest BCUT2D eigenvalue weighted by atomic mass is 10.1. The Labute approximate surface area is 103 Å². The van der Waals surface area contributed by atoms with Crippen molar-refractivity contribution in [3.05, 3.63) is 16.1 Å². The average molecular weight is 254 g/mol. The molecule has 1 amide bonds. The monoisotopic (exact) mass is 254 g/mol. The molecule has 92 valence electrons. The molecule has 1 heterocycles. The third kappa shape index (κ3) is 3.26. The van der Waals surface area contributed by atoms with E-state index in [4.69, 9.17) is 5.11 Å². The van der Waals surface area contributed by atoms with Crippen LogP contribution >= 0.6 is 11.3 Å². The van der Waals surface area contributed by atoms with Gasteiger partial charge in [-0.05, 0) is 25.7 Å². The predicted octanol–water partition coefficient (Wildman–Crippen LogP) is 1.43. The molecule has 0 spiro atoms. The van der Waals surface area contributed by atoms with Gasteiger partial charge in [0.15, 0.2) is 0 Å². The molecule has 0 aliphatic heterocycles. The number of hydrogen-bond acceptors (Lipinski definition) is 4. The summed E-state index contributed by atoms with van der Waals surface area (Å²) in [5, 5.41) is 12.4. The van der Waals surface area contributed by atoms with E-state index >= 15 is 0 Å². The van der Waals surface area contributed by atoms with E-state index in [1.807, 2.05) is 6.92 Å². The second-order valence-electron chi connectivity index (χ2n) is 4.26. The average Bonchev–Trinajstić information content (AvgIpc) is 2.99. The molecule has 17 heavy (non-hydrogen) atoms. The molecule has 1 aromatic rings. The minimum atomic E-state index is -0.873. The Morgan fingerprint density at radius 2 is 2.35 bits per heavy atom. The summed E-state index contributed by atoms with van der Waals surface area (Å²) < 4.78 is 0. The third-order valence-electron chi connectivity index (χ3n) is 2.75. The van der Waals surface area contributed by atoms with E-state index in [1.54, 1.807) is 0 Å². The van der Waals surface area contributed by atoms with Gasteiger partial charge in [-0.25, -0.2) is 4.98 Å². The molecule has 1 saturated carbocycles. The fourth-order valence-corrected chi connectivity index (χ4v) is 2.41. The van der Waals surface area contributed by atoms with Crippen LogP contribution in [-0.4, -0.2) is 28.0 Å². The van der Waals surface area contributed by atoms with Crippen LogP contribution in [0.25, 0.3) is 0 Å². The highest BCUT2D eigenvalue weighted by atomic mass is 32.1. The summed E-state index contributed by atoms with van der Waals surface area (Å²) in [5.74, 6) is -0.763. The van der Waals surface area contributed by atoms with E-state index in [-0.39, 0.29) is 18.4 Å². The molecule has 1 aliphatic carbocycles. The molecule has 0 saturated heterocycles. The summed E-state index contributed by atoms with van der Waals surface area (Å²) in [6.45, 7) is 1.83. The smallest absolute Gasteiger partial charge is 0.305 e. The summed E-state index contributed by atoms with van der Waals surface area (Å²) in [4.78, 5) is 27.1. The Balaban J connectivity index is 1.97. The number of aryl methyl sites for hydroxylation is 1. The van der Waals surface area contributed by atoms with Gasteiger partial charge in [-0.2, -0.15) is 0 Å². The van der Waals surface area contributed by atoms with Crippen LogP contribution in [0.4, 0.5) is 0 Å². The Morgan fingerprint density at radius 1 is 1.65 bits per heavy atom. The van der Waals surface area contributed by atoms with Gasteiger partial charge in [-0.15, -0.1) is 11.3 Å². The van der Waals surface area contributed by atoms with Crippen molar-refractivity contribution in [1.29, 1.82) is 0 Å². The number of hydrogen-bond donors (Lipinski definition) is 2. The van der Waals surface area contributed by atoms with Crippen LogP contribution in [-0.2, 0) is 4.79 Å². The van der Waals surface area contributed by atoms with Crippen molar-refractivity contribution < 1.29 is 14.7 Å². The summed E-state index contributed by atoms with van der Waals surface area (Å²) in [6.07, 6.45) is 3.52. The fourth-order valence-electron chi connectivity index (χ4n) is 1.73. The maximum atomic E-state index is 11.8. The molecular formula is C11H14N2O3S. The molecular weight excluding hydrogens is 240 g/mol. The molecule has 0 radical (unpaired) electrons. The number of rotatable bonds is 5. The van der Waals surface area contributed by atoms with Gasteiger partial charge >= 0.3 is 5.97 Å². The number of nitrogens with zero attached hydrogens (tertiary/aromatic N) is 1. The van der Waals surface area contributed by atoms with E-state index in [9.17, 15) is 9.59 Å². The molecule has 5 nitrogen and oxygen atoms in total. The highest BCUT2D eigenvalue weighted by Crippen LogP contribution is 2.34. The molecule has 1 aliphatic rings. The lowest BCUT2D eigenvalue weighted by Crippen LogP contribution is -2.37. The van der Waals surface area contributed by atoms with Crippen LogP contribution in [0.5, 0.6) is 0 Å². The molecule has 1 atom stereocenters. The first-order valence-electron chi connectivity index (χ1n) is 5.51. The molecule has 2 N–H and O–H groups in total. The minimum absolute atomic E-state index is 0.00576. The lowest BCUT2D eigenvalue weighted by molar-refractivity contribution is -0.137. The number of thiazole rings is 1. The maximum Gasteiger partial charge on any atom is 0.305 e. The Kier molecular flexibility index (Phi) is 3.42. The van der Waals surface area contributed by atoms with E-state index in [1.165, 1.54) is 17.5 Å². The fraction of sp³-hybridized carbons (Fsp3) is 0.545. The number of amides is 1. The minimum Gasteiger partial charge on any atom is -0.481 e. The topological polar surface area (TPSA) is 79.3 Å². The highest BCUT2D eigenvalue weighted by Gasteiger charge is 2.34. The number of carboxylic acids is 1. The summed E-state index contributed by atoms with van der Waals surface area (Å²) in [5.41, 5.74) is 0. The normalized spacial score (nSPS) is 16.5. The molecule has 0 aromatic carbocycles. The first-order chi connectivity index (χ1) is 8.06. The third-order valence-corrected chi connectivity index (χ3v) is 3.66. The van der Waals surface area contributed by atoms with E-state index in [0.717, 1.165) is 17.8 Å². The van der Waals surface area contributed by atoms with Crippen molar-refractivity contribution in [1.82, 2.24) is 10.3 Å². The second kappa shape index (κ2) is 4.83. The summed E-state index contributed by atoms with van der Waals surface area (Å²) in [6, 6.07) is -0.248. The highest BCUT2D eigenvalue weighted by molar-refractivity contribution is 7.13. The van der Waals surface area contributed by atoms with Crippen LogP contribution < -0.4 is 5.32 Å². The van der Waals surface area contributed by atoms with E-state index < -0.39 is 5.97 Å². The lowest BCUT2D eigenvalue weighted by Gasteiger charge is -2.15. The van der Waals surface area contributed by atoms with Crippen molar-refractivity contribution in [2.24, 2.45) is 5.92 Å². The van der Waals surface area contributed by atoms with Crippen molar-refractivity contribution >= 4 is 23.2 Å². The van der Waals surface area contributed by atoms with Gasteiger partial charge in [0.1, 0.15) is 4.88 Å². The Hall–Kier alpha value is -1.43.